The summed E-state index contributed by atoms with van der Waals surface area (Å²) in [5, 5.41) is 0. The van der Waals surface area contributed by atoms with Crippen LogP contribution in [0.4, 0.5) is 26.3 Å². The van der Waals surface area contributed by atoms with Crippen molar-refractivity contribution in [3.63, 3.8) is 0 Å². The highest BCUT2D eigenvalue weighted by atomic mass is 19.4. The Morgan fingerprint density at radius 1 is 1.12 bits per heavy atom. The maximum atomic E-state index is 12.9. The van der Waals surface area contributed by atoms with E-state index in [1.807, 2.05) is 0 Å². The maximum absolute atomic E-state index is 12.9. The Labute approximate surface area is 92.0 Å². The predicted molar refractivity (Wildman–Crippen MR) is 46.5 cm³/mol. The molecule has 0 heterocycles. The largest absolute Gasteiger partial charge is 0.461 e. The van der Waals surface area contributed by atoms with Crippen LogP contribution in [0.3, 0.4) is 0 Å². The molecule has 0 aliphatic rings. The molecule has 0 aromatic heterocycles. The second kappa shape index (κ2) is 4.05. The normalized spacial score (nSPS) is 12.6. The first-order valence-electron chi connectivity index (χ1n) is 4.33. The Hall–Kier alpha value is -1.53. The van der Waals surface area contributed by atoms with Crippen molar-refractivity contribution in [1.82, 2.24) is 0 Å². The lowest BCUT2D eigenvalue weighted by Gasteiger charge is -2.19. The van der Waals surface area contributed by atoms with Crippen molar-refractivity contribution in [3.8, 4) is 0 Å². The summed E-state index contributed by atoms with van der Waals surface area (Å²) in [6, 6.07) is 2.47. The van der Waals surface area contributed by atoms with E-state index in [0.29, 0.717) is 0 Å². The molecule has 0 saturated carbocycles. The molecule has 0 spiro atoms. The fraction of sp³-hybridized carbons (Fsp3) is 0.300. The molecule has 0 amide bonds. The molecule has 1 nitrogen and oxygen atoms in total. The number of hydrogen-bond donors (Lipinski definition) is 0. The first-order valence-corrected chi connectivity index (χ1v) is 4.33. The van der Waals surface area contributed by atoms with Crippen molar-refractivity contribution in [2.45, 2.75) is 19.0 Å². The van der Waals surface area contributed by atoms with Crippen LogP contribution in [0.1, 0.15) is 15.9 Å². The van der Waals surface area contributed by atoms with E-state index in [-0.39, 0.29) is 0 Å². The lowest BCUT2D eigenvalue weighted by atomic mass is 10.00. The minimum absolute atomic E-state index is 0.540. The van der Waals surface area contributed by atoms with Gasteiger partial charge in [-0.2, -0.15) is 22.0 Å². The molecule has 0 fully saturated rings. The Morgan fingerprint density at radius 2 is 1.65 bits per heavy atom. The number of ketones is 1. The standard InChI is InChI=1S/C10H6F6O/c1-5-6(3-2-4-7(5)11)8(17)9(12,13)10(14,15)16/h2-4H,1H3. The molecule has 0 aliphatic heterocycles. The molecule has 0 N–H and O–H groups in total. The van der Waals surface area contributed by atoms with Gasteiger partial charge < -0.3 is 0 Å². The topological polar surface area (TPSA) is 17.1 Å². The zero-order valence-corrected chi connectivity index (χ0v) is 8.41. The summed E-state index contributed by atoms with van der Waals surface area (Å²) in [4.78, 5) is 11.0. The van der Waals surface area contributed by atoms with E-state index in [9.17, 15) is 31.1 Å². The average Bonchev–Trinajstić information content (AvgIpc) is 2.19. The van der Waals surface area contributed by atoms with Crippen molar-refractivity contribution in [2.24, 2.45) is 0 Å². The van der Waals surface area contributed by atoms with Crippen LogP contribution in [0, 0.1) is 12.7 Å². The van der Waals surface area contributed by atoms with Gasteiger partial charge in [0.15, 0.2) is 0 Å². The van der Waals surface area contributed by atoms with Gasteiger partial charge in [0, 0.05) is 5.56 Å². The summed E-state index contributed by atoms with van der Waals surface area (Å²) >= 11 is 0. The average molecular weight is 256 g/mol. The van der Waals surface area contributed by atoms with Crippen molar-refractivity contribution in [1.29, 1.82) is 0 Å². The Bertz CT molecular complexity index is 449. The van der Waals surface area contributed by atoms with E-state index < -0.39 is 34.8 Å². The second-order valence-corrected chi connectivity index (χ2v) is 3.31. The highest BCUT2D eigenvalue weighted by molar-refractivity contribution is 6.03. The van der Waals surface area contributed by atoms with E-state index in [1.165, 1.54) is 0 Å². The Kier molecular flexibility index (Phi) is 3.22. The molecule has 1 aromatic carbocycles. The van der Waals surface area contributed by atoms with E-state index in [4.69, 9.17) is 0 Å². The molecule has 0 radical (unpaired) electrons. The van der Waals surface area contributed by atoms with Crippen LogP contribution in [0.2, 0.25) is 0 Å². The maximum Gasteiger partial charge on any atom is 0.461 e. The van der Waals surface area contributed by atoms with E-state index in [2.05, 4.69) is 0 Å². The van der Waals surface area contributed by atoms with Crippen molar-refractivity contribution >= 4 is 5.78 Å². The smallest absolute Gasteiger partial charge is 0.287 e. The van der Waals surface area contributed by atoms with Crippen molar-refractivity contribution in [3.05, 3.63) is 35.1 Å². The van der Waals surface area contributed by atoms with Crippen molar-refractivity contribution < 1.29 is 31.1 Å². The number of Topliss-reactive ketones (excluding diaryl/α,β-unsaturated/α-hetero) is 1. The van der Waals surface area contributed by atoms with Crippen LogP contribution in [-0.4, -0.2) is 17.9 Å². The minimum atomic E-state index is -6.00. The van der Waals surface area contributed by atoms with Crippen LogP contribution in [0.15, 0.2) is 18.2 Å². The molecule has 0 aliphatic carbocycles. The number of carbonyl (C=O) groups excluding carboxylic acids is 1. The number of hydrogen-bond acceptors (Lipinski definition) is 1. The van der Waals surface area contributed by atoms with Gasteiger partial charge >= 0.3 is 12.1 Å². The highest BCUT2D eigenvalue weighted by Gasteiger charge is 2.63. The molecular weight excluding hydrogens is 250 g/mol. The fourth-order valence-electron chi connectivity index (χ4n) is 1.15. The van der Waals surface area contributed by atoms with Gasteiger partial charge in [-0.15, -0.1) is 0 Å². The van der Waals surface area contributed by atoms with Crippen LogP contribution < -0.4 is 0 Å². The molecule has 0 unspecified atom stereocenters. The predicted octanol–water partition coefficient (Wildman–Crippen LogP) is 3.51. The van der Waals surface area contributed by atoms with Gasteiger partial charge in [-0.1, -0.05) is 12.1 Å². The number of benzene rings is 1. The number of carbonyl (C=O) groups is 1. The van der Waals surface area contributed by atoms with E-state index in [1.54, 1.807) is 0 Å². The number of rotatable bonds is 2. The molecule has 1 aromatic rings. The molecule has 7 heteroatoms. The monoisotopic (exact) mass is 256 g/mol. The lowest BCUT2D eigenvalue weighted by Crippen LogP contribution is -2.44. The second-order valence-electron chi connectivity index (χ2n) is 3.31. The fourth-order valence-corrected chi connectivity index (χ4v) is 1.15. The third-order valence-corrected chi connectivity index (χ3v) is 2.15. The summed E-state index contributed by atoms with van der Waals surface area (Å²) < 4.78 is 74.2. The first-order chi connectivity index (χ1) is 7.59. The molecular formula is C10H6F6O. The zero-order chi connectivity index (χ0) is 13.4. The minimum Gasteiger partial charge on any atom is -0.287 e. The first kappa shape index (κ1) is 13.5. The van der Waals surface area contributed by atoms with Crippen LogP contribution in [0.25, 0.3) is 0 Å². The molecule has 0 bridgehead atoms. The Balaban J connectivity index is 3.27. The highest BCUT2D eigenvalue weighted by Crippen LogP contribution is 2.38. The number of halogens is 6. The number of alkyl halides is 5. The molecule has 0 atom stereocenters. The zero-order valence-electron chi connectivity index (χ0n) is 8.41. The van der Waals surface area contributed by atoms with Gasteiger partial charge in [-0.25, -0.2) is 4.39 Å². The van der Waals surface area contributed by atoms with Gasteiger partial charge in [-0.3, -0.25) is 4.79 Å². The van der Waals surface area contributed by atoms with Crippen molar-refractivity contribution in [2.75, 3.05) is 0 Å². The van der Waals surface area contributed by atoms with Crippen LogP contribution >= 0.6 is 0 Å². The van der Waals surface area contributed by atoms with E-state index in [0.717, 1.165) is 25.1 Å². The van der Waals surface area contributed by atoms with Gasteiger partial charge in [0.1, 0.15) is 5.82 Å². The summed E-state index contributed by atoms with van der Waals surface area (Å²) in [5.74, 6) is -9.00. The summed E-state index contributed by atoms with van der Waals surface area (Å²) in [6.07, 6.45) is -6.00. The summed E-state index contributed by atoms with van der Waals surface area (Å²) in [5.41, 5.74) is -1.52. The van der Waals surface area contributed by atoms with Gasteiger partial charge in [0.2, 0.25) is 5.78 Å². The molecule has 0 saturated heterocycles. The van der Waals surface area contributed by atoms with Crippen LogP contribution in [-0.2, 0) is 0 Å². The Morgan fingerprint density at radius 3 is 2.12 bits per heavy atom. The quantitative estimate of drug-likeness (QED) is 0.584. The van der Waals surface area contributed by atoms with Gasteiger partial charge in [-0.05, 0) is 18.6 Å². The van der Waals surface area contributed by atoms with Gasteiger partial charge in [0.05, 0.1) is 0 Å². The molecule has 1 rings (SSSR count). The van der Waals surface area contributed by atoms with E-state index >= 15 is 0 Å². The third kappa shape index (κ3) is 2.27. The lowest BCUT2D eigenvalue weighted by molar-refractivity contribution is -0.255. The SMILES string of the molecule is Cc1c(F)cccc1C(=O)C(F)(F)C(F)(F)F. The summed E-state index contributed by atoms with van der Waals surface area (Å²) in [6.45, 7) is 0.953. The molecule has 17 heavy (non-hydrogen) atoms. The third-order valence-electron chi connectivity index (χ3n) is 2.15. The van der Waals surface area contributed by atoms with Crippen LogP contribution in [0.5, 0.6) is 0 Å². The molecule has 94 valence electrons. The summed E-state index contributed by atoms with van der Waals surface area (Å²) in [7, 11) is 0. The van der Waals surface area contributed by atoms with Gasteiger partial charge in [0.25, 0.3) is 0 Å².